The Bertz CT molecular complexity index is 997. The standard InChI is InChI=1S/C22H21ClN2O2/c1-14-8-9-19(18-7-3-2-6-17(14)18)21(26)20-11-16(12-25-22(20)23)27-13-15-5-4-10-24-15/h2-3,6-9,11-12,15,24H,4-5,10,13H2,1H3. The molecule has 138 valence electrons. The van der Waals surface area contributed by atoms with E-state index in [1.54, 1.807) is 12.3 Å². The Morgan fingerprint density at radius 1 is 1.22 bits per heavy atom. The van der Waals surface area contributed by atoms with Crippen LogP contribution in [0.25, 0.3) is 10.8 Å². The van der Waals surface area contributed by atoms with Crippen LogP contribution in [-0.2, 0) is 0 Å². The average molecular weight is 381 g/mol. The molecule has 0 spiro atoms. The zero-order valence-corrected chi connectivity index (χ0v) is 15.9. The van der Waals surface area contributed by atoms with Gasteiger partial charge in [0.1, 0.15) is 17.5 Å². The molecule has 0 aliphatic carbocycles. The van der Waals surface area contributed by atoms with E-state index in [0.29, 0.717) is 29.5 Å². The molecular formula is C22H21ClN2O2. The summed E-state index contributed by atoms with van der Waals surface area (Å²) in [6.45, 7) is 3.62. The van der Waals surface area contributed by atoms with Gasteiger partial charge < -0.3 is 10.1 Å². The first kappa shape index (κ1) is 18.0. The van der Waals surface area contributed by atoms with Gasteiger partial charge in [0.2, 0.25) is 0 Å². The van der Waals surface area contributed by atoms with Gasteiger partial charge in [0.15, 0.2) is 5.78 Å². The third-order valence-corrected chi connectivity index (χ3v) is 5.36. The number of hydrogen-bond acceptors (Lipinski definition) is 4. The molecular weight excluding hydrogens is 360 g/mol. The third-order valence-electron chi connectivity index (χ3n) is 5.06. The van der Waals surface area contributed by atoms with Crippen LogP contribution >= 0.6 is 11.6 Å². The summed E-state index contributed by atoms with van der Waals surface area (Å²) in [6.07, 6.45) is 3.83. The summed E-state index contributed by atoms with van der Waals surface area (Å²) in [6, 6.07) is 13.8. The Balaban J connectivity index is 1.65. The molecule has 1 aliphatic heterocycles. The molecule has 1 atom stereocenters. The summed E-state index contributed by atoms with van der Waals surface area (Å²) in [5.74, 6) is 0.418. The molecule has 1 fully saturated rings. The number of nitrogens with one attached hydrogen (secondary N) is 1. The van der Waals surface area contributed by atoms with Crippen LogP contribution < -0.4 is 10.1 Å². The van der Waals surface area contributed by atoms with Gasteiger partial charge in [0.05, 0.1) is 11.8 Å². The molecule has 1 saturated heterocycles. The number of hydrogen-bond donors (Lipinski definition) is 1. The van der Waals surface area contributed by atoms with E-state index >= 15 is 0 Å². The van der Waals surface area contributed by atoms with E-state index < -0.39 is 0 Å². The second-order valence-electron chi connectivity index (χ2n) is 6.92. The van der Waals surface area contributed by atoms with E-state index in [4.69, 9.17) is 16.3 Å². The number of ketones is 1. The number of carbonyl (C=O) groups excluding carboxylic acids is 1. The van der Waals surface area contributed by atoms with Gasteiger partial charge in [0, 0.05) is 11.6 Å². The van der Waals surface area contributed by atoms with Gasteiger partial charge in [-0.3, -0.25) is 4.79 Å². The number of aryl methyl sites for hydroxylation is 1. The highest BCUT2D eigenvalue weighted by Crippen LogP contribution is 2.28. The molecule has 1 N–H and O–H groups in total. The minimum atomic E-state index is -0.145. The molecule has 3 aromatic rings. The monoisotopic (exact) mass is 380 g/mol. The van der Waals surface area contributed by atoms with Crippen molar-refractivity contribution in [2.45, 2.75) is 25.8 Å². The van der Waals surface area contributed by atoms with Gasteiger partial charge in [-0.15, -0.1) is 0 Å². The van der Waals surface area contributed by atoms with Gasteiger partial charge in [-0.1, -0.05) is 48.0 Å². The Hall–Kier alpha value is -2.43. The Morgan fingerprint density at radius 3 is 2.81 bits per heavy atom. The van der Waals surface area contributed by atoms with Gasteiger partial charge in [0.25, 0.3) is 0 Å². The van der Waals surface area contributed by atoms with Crippen molar-refractivity contribution in [2.24, 2.45) is 0 Å². The number of nitrogens with zero attached hydrogens (tertiary/aromatic N) is 1. The summed E-state index contributed by atoms with van der Waals surface area (Å²) in [5.41, 5.74) is 2.12. The van der Waals surface area contributed by atoms with Crippen LogP contribution in [0.5, 0.6) is 5.75 Å². The molecule has 4 nitrogen and oxygen atoms in total. The van der Waals surface area contributed by atoms with Crippen molar-refractivity contribution in [1.29, 1.82) is 0 Å². The highest BCUT2D eigenvalue weighted by atomic mass is 35.5. The smallest absolute Gasteiger partial charge is 0.196 e. The zero-order chi connectivity index (χ0) is 18.8. The van der Waals surface area contributed by atoms with Crippen molar-refractivity contribution in [1.82, 2.24) is 10.3 Å². The maximum Gasteiger partial charge on any atom is 0.196 e. The number of ether oxygens (including phenoxy) is 1. The van der Waals surface area contributed by atoms with Crippen LogP contribution in [-0.4, -0.2) is 30.0 Å². The van der Waals surface area contributed by atoms with Crippen LogP contribution in [0.15, 0.2) is 48.7 Å². The summed E-state index contributed by atoms with van der Waals surface area (Å²) in [7, 11) is 0. The van der Waals surface area contributed by atoms with E-state index in [1.807, 2.05) is 43.3 Å². The molecule has 5 heteroatoms. The lowest BCUT2D eigenvalue weighted by atomic mass is 9.95. The summed E-state index contributed by atoms with van der Waals surface area (Å²) in [5, 5.41) is 5.56. The van der Waals surface area contributed by atoms with Crippen LogP contribution in [0.3, 0.4) is 0 Å². The molecule has 0 amide bonds. The number of aromatic nitrogens is 1. The minimum Gasteiger partial charge on any atom is -0.490 e. The van der Waals surface area contributed by atoms with Crippen LogP contribution in [0, 0.1) is 6.92 Å². The number of rotatable bonds is 5. The molecule has 0 bridgehead atoms. The Labute approximate surface area is 163 Å². The van der Waals surface area contributed by atoms with Crippen molar-refractivity contribution in [3.63, 3.8) is 0 Å². The topological polar surface area (TPSA) is 51.2 Å². The molecule has 1 unspecified atom stereocenters. The normalized spacial score (nSPS) is 16.6. The lowest BCUT2D eigenvalue weighted by molar-refractivity contribution is 0.103. The highest BCUT2D eigenvalue weighted by Gasteiger charge is 2.19. The predicted octanol–water partition coefficient (Wildman–Crippen LogP) is 4.56. The molecule has 1 aromatic heterocycles. The van der Waals surface area contributed by atoms with Crippen molar-refractivity contribution in [3.05, 3.63) is 70.5 Å². The molecule has 1 aliphatic rings. The first-order valence-electron chi connectivity index (χ1n) is 9.18. The van der Waals surface area contributed by atoms with E-state index in [-0.39, 0.29) is 10.9 Å². The molecule has 0 saturated carbocycles. The molecule has 4 rings (SSSR count). The quantitative estimate of drug-likeness (QED) is 0.520. The van der Waals surface area contributed by atoms with Crippen LogP contribution in [0.1, 0.15) is 34.3 Å². The second kappa shape index (κ2) is 7.67. The number of halogens is 1. The minimum absolute atomic E-state index is 0.145. The zero-order valence-electron chi connectivity index (χ0n) is 15.2. The number of fused-ring (bicyclic) bond motifs is 1. The lowest BCUT2D eigenvalue weighted by Gasteiger charge is -2.13. The molecule has 2 aromatic carbocycles. The fourth-order valence-corrected chi connectivity index (χ4v) is 3.74. The fraction of sp³-hybridized carbons (Fsp3) is 0.273. The SMILES string of the molecule is Cc1ccc(C(=O)c2cc(OCC3CCCN3)cnc2Cl)c2ccccc12. The second-order valence-corrected chi connectivity index (χ2v) is 7.28. The van der Waals surface area contributed by atoms with Crippen LogP contribution in [0.4, 0.5) is 0 Å². The maximum absolute atomic E-state index is 13.2. The van der Waals surface area contributed by atoms with E-state index in [2.05, 4.69) is 10.3 Å². The largest absolute Gasteiger partial charge is 0.490 e. The van der Waals surface area contributed by atoms with Gasteiger partial charge in [-0.2, -0.15) is 0 Å². The molecule has 27 heavy (non-hydrogen) atoms. The highest BCUT2D eigenvalue weighted by molar-refractivity contribution is 6.34. The fourth-order valence-electron chi connectivity index (χ4n) is 3.56. The van der Waals surface area contributed by atoms with Crippen molar-refractivity contribution >= 4 is 28.2 Å². The average Bonchev–Trinajstić information content (AvgIpc) is 3.21. The van der Waals surface area contributed by atoms with Crippen molar-refractivity contribution in [3.8, 4) is 5.75 Å². The summed E-state index contributed by atoms with van der Waals surface area (Å²) in [4.78, 5) is 17.4. The van der Waals surface area contributed by atoms with Gasteiger partial charge in [-0.05, 0) is 48.7 Å². The first-order chi connectivity index (χ1) is 13.1. The summed E-state index contributed by atoms with van der Waals surface area (Å²) < 4.78 is 5.84. The molecule has 0 radical (unpaired) electrons. The van der Waals surface area contributed by atoms with E-state index in [9.17, 15) is 4.79 Å². The number of benzene rings is 2. The number of pyridine rings is 1. The lowest BCUT2D eigenvalue weighted by Crippen LogP contribution is -2.28. The van der Waals surface area contributed by atoms with Gasteiger partial charge in [-0.25, -0.2) is 4.98 Å². The van der Waals surface area contributed by atoms with Crippen molar-refractivity contribution in [2.75, 3.05) is 13.2 Å². The van der Waals surface area contributed by atoms with Crippen molar-refractivity contribution < 1.29 is 9.53 Å². The Kier molecular flexibility index (Phi) is 5.10. The van der Waals surface area contributed by atoms with E-state index in [1.165, 1.54) is 0 Å². The predicted molar refractivity (Wildman–Crippen MR) is 108 cm³/mol. The third kappa shape index (κ3) is 3.68. The van der Waals surface area contributed by atoms with Gasteiger partial charge >= 0.3 is 0 Å². The van der Waals surface area contributed by atoms with Crippen LogP contribution in [0.2, 0.25) is 5.15 Å². The first-order valence-corrected chi connectivity index (χ1v) is 9.56. The Morgan fingerprint density at radius 2 is 2.04 bits per heavy atom. The summed E-state index contributed by atoms with van der Waals surface area (Å²) >= 11 is 6.25. The molecule has 2 heterocycles. The van der Waals surface area contributed by atoms with E-state index in [0.717, 1.165) is 35.7 Å². The maximum atomic E-state index is 13.2. The number of carbonyl (C=O) groups is 1.